The Labute approximate surface area is 94.6 Å². The first-order chi connectivity index (χ1) is 7.76. The van der Waals surface area contributed by atoms with Gasteiger partial charge in [0.15, 0.2) is 0 Å². The molecular formula is C12H15NO3. The smallest absolute Gasteiger partial charge is 0.309 e. The van der Waals surface area contributed by atoms with Crippen molar-refractivity contribution in [2.24, 2.45) is 0 Å². The minimum absolute atomic E-state index is 0.0127. The summed E-state index contributed by atoms with van der Waals surface area (Å²) >= 11 is 0. The first-order valence-electron chi connectivity index (χ1n) is 5.14. The van der Waals surface area contributed by atoms with E-state index in [1.165, 1.54) is 0 Å². The molecule has 0 atom stereocenters. The summed E-state index contributed by atoms with van der Waals surface area (Å²) in [7, 11) is 0. The number of rotatable bonds is 5. The van der Waals surface area contributed by atoms with Crippen LogP contribution >= 0.6 is 0 Å². The molecule has 0 bridgehead atoms. The Bertz CT molecular complexity index is 374. The number of aromatic nitrogens is 1. The van der Waals surface area contributed by atoms with Crippen LogP contribution in [0.15, 0.2) is 24.4 Å². The highest BCUT2D eigenvalue weighted by Crippen LogP contribution is 2.04. The first kappa shape index (κ1) is 12.4. The molecular weight excluding hydrogens is 206 g/mol. The summed E-state index contributed by atoms with van der Waals surface area (Å²) in [6.07, 6.45) is 5.28. The molecule has 0 aliphatic heterocycles. The number of carbonyl (C=O) groups excluding carboxylic acids is 1. The molecule has 0 saturated heterocycles. The van der Waals surface area contributed by atoms with Gasteiger partial charge >= 0.3 is 5.97 Å². The van der Waals surface area contributed by atoms with Crippen LogP contribution in [0.25, 0.3) is 6.08 Å². The maximum atomic E-state index is 11.0. The van der Waals surface area contributed by atoms with E-state index in [0.29, 0.717) is 6.61 Å². The lowest BCUT2D eigenvalue weighted by molar-refractivity contribution is -0.142. The number of nitrogens with zero attached hydrogens (tertiary/aromatic N) is 1. The van der Waals surface area contributed by atoms with Gasteiger partial charge in [-0.05, 0) is 30.7 Å². The van der Waals surface area contributed by atoms with E-state index in [1.54, 1.807) is 37.4 Å². The van der Waals surface area contributed by atoms with Crippen molar-refractivity contribution in [3.05, 3.63) is 35.7 Å². The Morgan fingerprint density at radius 3 is 3.12 bits per heavy atom. The summed E-state index contributed by atoms with van der Waals surface area (Å²) < 4.78 is 4.77. The predicted octanol–water partition coefficient (Wildman–Crippen LogP) is 1.54. The van der Waals surface area contributed by atoms with Crippen molar-refractivity contribution in [3.63, 3.8) is 0 Å². The van der Waals surface area contributed by atoms with Crippen molar-refractivity contribution < 1.29 is 14.6 Å². The number of ether oxygens (including phenoxy) is 1. The Morgan fingerprint density at radius 1 is 1.62 bits per heavy atom. The zero-order valence-electron chi connectivity index (χ0n) is 9.22. The number of hydrogen-bond donors (Lipinski definition) is 1. The van der Waals surface area contributed by atoms with Crippen LogP contribution in [0.4, 0.5) is 0 Å². The minimum atomic E-state index is -0.253. The summed E-state index contributed by atoms with van der Waals surface area (Å²) in [5.74, 6) is -0.253. The fourth-order valence-corrected chi connectivity index (χ4v) is 1.18. The van der Waals surface area contributed by atoms with Gasteiger partial charge in [0.25, 0.3) is 0 Å². The fourth-order valence-electron chi connectivity index (χ4n) is 1.18. The topological polar surface area (TPSA) is 59.4 Å². The van der Waals surface area contributed by atoms with Crippen LogP contribution in [0.2, 0.25) is 0 Å². The molecule has 0 aliphatic carbocycles. The van der Waals surface area contributed by atoms with Crippen molar-refractivity contribution in [3.8, 4) is 0 Å². The van der Waals surface area contributed by atoms with Gasteiger partial charge in [-0.1, -0.05) is 6.08 Å². The van der Waals surface area contributed by atoms with E-state index < -0.39 is 0 Å². The van der Waals surface area contributed by atoms with E-state index in [9.17, 15) is 4.79 Å². The summed E-state index contributed by atoms with van der Waals surface area (Å²) in [5.41, 5.74) is 1.52. The summed E-state index contributed by atoms with van der Waals surface area (Å²) in [4.78, 5) is 15.1. The maximum absolute atomic E-state index is 11.0. The Morgan fingerprint density at radius 2 is 2.44 bits per heavy atom. The molecule has 0 fully saturated rings. The van der Waals surface area contributed by atoms with Crippen LogP contribution < -0.4 is 0 Å². The van der Waals surface area contributed by atoms with E-state index in [0.717, 1.165) is 11.3 Å². The number of aliphatic hydroxyl groups is 1. The third kappa shape index (κ3) is 4.23. The zero-order valence-corrected chi connectivity index (χ0v) is 9.22. The van der Waals surface area contributed by atoms with Crippen molar-refractivity contribution in [2.45, 2.75) is 20.0 Å². The van der Waals surface area contributed by atoms with Crippen molar-refractivity contribution in [1.29, 1.82) is 0 Å². The van der Waals surface area contributed by atoms with E-state index in [-0.39, 0.29) is 19.0 Å². The molecule has 0 amide bonds. The quantitative estimate of drug-likeness (QED) is 0.766. The lowest BCUT2D eigenvalue weighted by Gasteiger charge is -1.98. The van der Waals surface area contributed by atoms with Gasteiger partial charge in [0, 0.05) is 6.20 Å². The maximum Gasteiger partial charge on any atom is 0.309 e. The second-order valence-corrected chi connectivity index (χ2v) is 3.16. The summed E-state index contributed by atoms with van der Waals surface area (Å²) in [6.45, 7) is 2.15. The van der Waals surface area contributed by atoms with Crippen LogP contribution in [-0.2, 0) is 16.1 Å². The normalized spacial score (nSPS) is 10.6. The molecule has 1 rings (SSSR count). The number of esters is 1. The standard InChI is InChI=1S/C12H15NO3/c1-2-16-12(15)5-3-4-11-8-10(9-14)6-7-13-11/h3-4,6-8,14H,2,5,9H2,1H3. The van der Waals surface area contributed by atoms with Crippen LogP contribution in [0, 0.1) is 0 Å². The Kier molecular flexibility index (Phi) is 5.22. The van der Waals surface area contributed by atoms with E-state index in [2.05, 4.69) is 4.98 Å². The summed E-state index contributed by atoms with van der Waals surface area (Å²) in [5, 5.41) is 8.92. The Hall–Kier alpha value is -1.68. The van der Waals surface area contributed by atoms with Gasteiger partial charge in [0.2, 0.25) is 0 Å². The van der Waals surface area contributed by atoms with E-state index in [4.69, 9.17) is 9.84 Å². The number of pyridine rings is 1. The predicted molar refractivity (Wildman–Crippen MR) is 60.4 cm³/mol. The van der Waals surface area contributed by atoms with Gasteiger partial charge in [0.05, 0.1) is 25.3 Å². The molecule has 0 saturated carbocycles. The fraction of sp³-hybridized carbons (Fsp3) is 0.333. The third-order valence-corrected chi connectivity index (χ3v) is 1.91. The summed E-state index contributed by atoms with van der Waals surface area (Å²) in [6, 6.07) is 3.50. The largest absolute Gasteiger partial charge is 0.466 e. The Balaban J connectivity index is 2.52. The molecule has 0 radical (unpaired) electrons. The molecule has 0 unspecified atom stereocenters. The lowest BCUT2D eigenvalue weighted by atomic mass is 10.2. The third-order valence-electron chi connectivity index (χ3n) is 1.91. The van der Waals surface area contributed by atoms with Gasteiger partial charge in [-0.25, -0.2) is 0 Å². The van der Waals surface area contributed by atoms with Gasteiger partial charge in [-0.15, -0.1) is 0 Å². The highest BCUT2D eigenvalue weighted by Gasteiger charge is 1.97. The van der Waals surface area contributed by atoms with Gasteiger partial charge < -0.3 is 9.84 Å². The van der Waals surface area contributed by atoms with Crippen LogP contribution in [0.3, 0.4) is 0 Å². The average molecular weight is 221 g/mol. The van der Waals surface area contributed by atoms with Gasteiger partial charge in [0.1, 0.15) is 0 Å². The van der Waals surface area contributed by atoms with Crippen LogP contribution in [0.1, 0.15) is 24.6 Å². The molecule has 0 spiro atoms. The molecule has 1 aromatic heterocycles. The van der Waals surface area contributed by atoms with E-state index >= 15 is 0 Å². The molecule has 0 aliphatic rings. The van der Waals surface area contributed by atoms with Crippen molar-refractivity contribution >= 4 is 12.0 Å². The second-order valence-electron chi connectivity index (χ2n) is 3.16. The molecule has 1 aromatic rings. The monoisotopic (exact) mass is 221 g/mol. The van der Waals surface area contributed by atoms with Crippen LogP contribution in [0.5, 0.6) is 0 Å². The second kappa shape index (κ2) is 6.74. The average Bonchev–Trinajstić information content (AvgIpc) is 2.30. The van der Waals surface area contributed by atoms with Gasteiger partial charge in [-0.3, -0.25) is 9.78 Å². The van der Waals surface area contributed by atoms with Crippen molar-refractivity contribution in [2.75, 3.05) is 6.61 Å². The van der Waals surface area contributed by atoms with Crippen molar-refractivity contribution in [1.82, 2.24) is 4.98 Å². The first-order valence-corrected chi connectivity index (χ1v) is 5.14. The highest BCUT2D eigenvalue weighted by atomic mass is 16.5. The van der Waals surface area contributed by atoms with E-state index in [1.807, 2.05) is 0 Å². The molecule has 1 heterocycles. The number of hydrogen-bond acceptors (Lipinski definition) is 4. The van der Waals surface area contributed by atoms with Gasteiger partial charge in [-0.2, -0.15) is 0 Å². The molecule has 1 N–H and O–H groups in total. The lowest BCUT2D eigenvalue weighted by Crippen LogP contribution is -2.01. The van der Waals surface area contributed by atoms with Crippen LogP contribution in [-0.4, -0.2) is 22.7 Å². The minimum Gasteiger partial charge on any atom is -0.466 e. The highest BCUT2D eigenvalue weighted by molar-refractivity contribution is 5.72. The molecule has 0 aromatic carbocycles. The number of carbonyl (C=O) groups is 1. The molecule has 4 heteroatoms. The molecule has 16 heavy (non-hydrogen) atoms. The molecule has 86 valence electrons. The zero-order chi connectivity index (χ0) is 11.8. The SMILES string of the molecule is CCOC(=O)CC=Cc1cc(CO)ccn1. The molecule has 4 nitrogen and oxygen atoms in total. The number of aliphatic hydroxyl groups excluding tert-OH is 1.